The van der Waals surface area contributed by atoms with E-state index in [9.17, 15) is 9.59 Å². The van der Waals surface area contributed by atoms with E-state index in [4.69, 9.17) is 14.2 Å². The number of benzene rings is 2. The van der Waals surface area contributed by atoms with Crippen LogP contribution >= 0.6 is 11.3 Å². The van der Waals surface area contributed by atoms with Crippen LogP contribution in [-0.2, 0) is 27.3 Å². The largest absolute Gasteiger partial charge is 0.468 e. The molecule has 7 nitrogen and oxygen atoms in total. The van der Waals surface area contributed by atoms with E-state index in [2.05, 4.69) is 4.99 Å². The molecular weight excluding hydrogens is 368 g/mol. The fraction of sp³-hybridized carbons (Fsp3) is 0.211. The molecule has 0 unspecified atom stereocenters. The van der Waals surface area contributed by atoms with Gasteiger partial charge in [-0.05, 0) is 29.8 Å². The van der Waals surface area contributed by atoms with Gasteiger partial charge < -0.3 is 18.8 Å². The average Bonchev–Trinajstić information content (AvgIpc) is 3.26. The lowest BCUT2D eigenvalue weighted by Gasteiger charge is -2.03. The lowest BCUT2D eigenvalue weighted by atomic mass is 10.1. The maximum atomic E-state index is 12.5. The summed E-state index contributed by atoms with van der Waals surface area (Å²) in [6, 6.07) is 13.0. The van der Waals surface area contributed by atoms with Crippen LogP contribution in [-0.4, -0.2) is 30.3 Å². The number of aromatic nitrogens is 1. The summed E-state index contributed by atoms with van der Waals surface area (Å²) in [5, 5.41) is 0. The number of esters is 1. The van der Waals surface area contributed by atoms with Gasteiger partial charge in [-0.15, -0.1) is 0 Å². The number of thiazole rings is 1. The molecule has 1 aliphatic heterocycles. The van der Waals surface area contributed by atoms with Gasteiger partial charge in [0, 0.05) is 0 Å². The van der Waals surface area contributed by atoms with Gasteiger partial charge >= 0.3 is 5.97 Å². The number of methoxy groups -OCH3 is 1. The summed E-state index contributed by atoms with van der Waals surface area (Å²) in [5.41, 5.74) is 1.62. The Morgan fingerprint density at radius 1 is 1.19 bits per heavy atom. The third-order valence-corrected chi connectivity index (χ3v) is 5.18. The molecule has 27 heavy (non-hydrogen) atoms. The molecule has 1 amide bonds. The van der Waals surface area contributed by atoms with Crippen molar-refractivity contribution >= 4 is 33.4 Å². The van der Waals surface area contributed by atoms with E-state index in [1.807, 2.05) is 30.3 Å². The lowest BCUT2D eigenvalue weighted by Crippen LogP contribution is -2.22. The van der Waals surface area contributed by atoms with Crippen molar-refractivity contribution in [3.8, 4) is 11.5 Å². The fourth-order valence-electron chi connectivity index (χ4n) is 2.82. The topological polar surface area (TPSA) is 79.1 Å². The van der Waals surface area contributed by atoms with Crippen LogP contribution in [0.25, 0.3) is 10.2 Å². The Labute approximate surface area is 158 Å². The van der Waals surface area contributed by atoms with E-state index in [-0.39, 0.29) is 25.7 Å². The number of hydrogen-bond acceptors (Lipinski definition) is 6. The molecule has 0 spiro atoms. The molecule has 138 valence electrons. The molecule has 0 radical (unpaired) electrons. The normalized spacial score (nSPS) is 13.1. The maximum Gasteiger partial charge on any atom is 0.325 e. The minimum atomic E-state index is -0.400. The van der Waals surface area contributed by atoms with Crippen LogP contribution in [0.5, 0.6) is 11.5 Å². The zero-order chi connectivity index (χ0) is 18.8. The second-order valence-electron chi connectivity index (χ2n) is 5.88. The van der Waals surface area contributed by atoms with E-state index in [0.717, 1.165) is 15.8 Å². The number of para-hydroxylation sites is 1. The third kappa shape index (κ3) is 3.56. The molecule has 0 saturated carbocycles. The van der Waals surface area contributed by atoms with Crippen LogP contribution in [0.1, 0.15) is 5.56 Å². The van der Waals surface area contributed by atoms with E-state index in [0.29, 0.717) is 16.3 Å². The quantitative estimate of drug-likeness (QED) is 0.645. The van der Waals surface area contributed by atoms with Gasteiger partial charge in [0.15, 0.2) is 16.3 Å². The van der Waals surface area contributed by atoms with Crippen molar-refractivity contribution in [2.45, 2.75) is 13.0 Å². The van der Waals surface area contributed by atoms with Crippen LogP contribution in [0.4, 0.5) is 0 Å². The lowest BCUT2D eigenvalue weighted by molar-refractivity contribution is -0.141. The van der Waals surface area contributed by atoms with Crippen LogP contribution in [0.2, 0.25) is 0 Å². The van der Waals surface area contributed by atoms with Gasteiger partial charge in [-0.25, -0.2) is 0 Å². The first-order valence-electron chi connectivity index (χ1n) is 8.25. The molecule has 0 saturated heterocycles. The smallest absolute Gasteiger partial charge is 0.325 e. The first-order valence-corrected chi connectivity index (χ1v) is 9.07. The highest BCUT2D eigenvalue weighted by Gasteiger charge is 2.15. The van der Waals surface area contributed by atoms with Gasteiger partial charge in [-0.1, -0.05) is 29.5 Å². The van der Waals surface area contributed by atoms with Crippen LogP contribution in [0.15, 0.2) is 47.5 Å². The van der Waals surface area contributed by atoms with Crippen LogP contribution < -0.4 is 14.3 Å². The number of hydrogen-bond donors (Lipinski definition) is 0. The number of ether oxygens (including phenoxy) is 3. The summed E-state index contributed by atoms with van der Waals surface area (Å²) in [5.74, 6) is 0.591. The molecule has 0 atom stereocenters. The minimum Gasteiger partial charge on any atom is -0.468 e. The molecule has 4 rings (SSSR count). The number of carbonyl (C=O) groups is 2. The number of fused-ring (bicyclic) bond motifs is 2. The number of rotatable bonds is 4. The molecule has 0 N–H and O–H groups in total. The number of carbonyl (C=O) groups excluding carboxylic acids is 2. The summed E-state index contributed by atoms with van der Waals surface area (Å²) in [6.07, 6.45) is 0.128. The van der Waals surface area contributed by atoms with Gasteiger partial charge in [0.05, 0.1) is 23.7 Å². The Bertz CT molecular complexity index is 1100. The van der Waals surface area contributed by atoms with E-state index >= 15 is 0 Å². The van der Waals surface area contributed by atoms with Crippen molar-refractivity contribution in [1.82, 2.24) is 4.57 Å². The Balaban J connectivity index is 1.66. The predicted octanol–water partition coefficient (Wildman–Crippen LogP) is 2.27. The molecule has 0 bridgehead atoms. The van der Waals surface area contributed by atoms with Gasteiger partial charge in [0.2, 0.25) is 6.79 Å². The molecule has 3 aromatic rings. The van der Waals surface area contributed by atoms with Gasteiger partial charge in [0.1, 0.15) is 6.54 Å². The Morgan fingerprint density at radius 3 is 2.85 bits per heavy atom. The SMILES string of the molecule is COC(=O)Cn1c(=NC(=O)Cc2ccc3c(c2)OCO3)sc2ccccc21. The third-order valence-electron chi connectivity index (χ3n) is 4.12. The van der Waals surface area contributed by atoms with Crippen LogP contribution in [0, 0.1) is 0 Å². The summed E-state index contributed by atoms with van der Waals surface area (Å²) >= 11 is 1.36. The molecule has 1 aromatic heterocycles. The zero-order valence-corrected chi connectivity index (χ0v) is 15.3. The van der Waals surface area contributed by atoms with E-state index in [1.54, 1.807) is 16.7 Å². The number of amides is 1. The minimum absolute atomic E-state index is 0.00332. The first-order chi connectivity index (χ1) is 13.1. The van der Waals surface area contributed by atoms with Crippen molar-refractivity contribution in [3.05, 3.63) is 52.8 Å². The summed E-state index contributed by atoms with van der Waals surface area (Å²) < 4.78 is 18.0. The summed E-state index contributed by atoms with van der Waals surface area (Å²) in [6.45, 7) is 0.184. The second-order valence-corrected chi connectivity index (χ2v) is 6.89. The molecule has 8 heteroatoms. The predicted molar refractivity (Wildman–Crippen MR) is 98.7 cm³/mol. The van der Waals surface area contributed by atoms with Crippen molar-refractivity contribution in [1.29, 1.82) is 0 Å². The summed E-state index contributed by atoms with van der Waals surface area (Å²) in [7, 11) is 1.33. The highest BCUT2D eigenvalue weighted by molar-refractivity contribution is 7.16. The standard InChI is InChI=1S/C19H16N2O5S/c1-24-18(23)10-21-13-4-2-3-5-16(13)27-19(21)20-17(22)9-12-6-7-14-15(8-12)26-11-25-14/h2-8H,9-11H2,1H3. The molecule has 0 fully saturated rings. The Morgan fingerprint density at radius 2 is 2.00 bits per heavy atom. The highest BCUT2D eigenvalue weighted by Crippen LogP contribution is 2.32. The summed E-state index contributed by atoms with van der Waals surface area (Å²) in [4.78, 5) is 29.0. The molecule has 2 heterocycles. The molecule has 1 aliphatic rings. The maximum absolute atomic E-state index is 12.5. The number of nitrogens with zero attached hydrogens (tertiary/aromatic N) is 2. The van der Waals surface area contributed by atoms with Gasteiger partial charge in [-0.3, -0.25) is 9.59 Å². The fourth-order valence-corrected chi connectivity index (χ4v) is 3.87. The van der Waals surface area contributed by atoms with E-state index in [1.165, 1.54) is 18.4 Å². The van der Waals surface area contributed by atoms with Crippen molar-refractivity contribution < 1.29 is 23.8 Å². The highest BCUT2D eigenvalue weighted by atomic mass is 32.1. The van der Waals surface area contributed by atoms with Gasteiger partial charge in [0.25, 0.3) is 5.91 Å². The Kier molecular flexibility index (Phi) is 4.64. The van der Waals surface area contributed by atoms with Crippen molar-refractivity contribution in [2.75, 3.05) is 13.9 Å². The molecule has 2 aromatic carbocycles. The van der Waals surface area contributed by atoms with Crippen molar-refractivity contribution in [3.63, 3.8) is 0 Å². The van der Waals surface area contributed by atoms with Crippen molar-refractivity contribution in [2.24, 2.45) is 4.99 Å². The monoisotopic (exact) mass is 384 g/mol. The Hall–Kier alpha value is -3.13. The van der Waals surface area contributed by atoms with Gasteiger partial charge in [-0.2, -0.15) is 4.99 Å². The molecular formula is C19H16N2O5S. The van der Waals surface area contributed by atoms with E-state index < -0.39 is 5.97 Å². The van der Waals surface area contributed by atoms with Crippen LogP contribution in [0.3, 0.4) is 0 Å². The first kappa shape index (κ1) is 17.3. The second kappa shape index (κ2) is 7.24. The average molecular weight is 384 g/mol. The molecule has 0 aliphatic carbocycles. The zero-order valence-electron chi connectivity index (χ0n) is 14.5.